The Bertz CT molecular complexity index is 1360. The van der Waals surface area contributed by atoms with E-state index in [0.29, 0.717) is 6.42 Å². The minimum absolute atomic E-state index is 0.219. The van der Waals surface area contributed by atoms with Crippen molar-refractivity contribution in [3.8, 4) is 0 Å². The fraction of sp³-hybridized carbons (Fsp3) is 0.207. The van der Waals surface area contributed by atoms with Crippen LogP contribution in [0.2, 0.25) is 0 Å². The minimum atomic E-state index is -0.828. The molecule has 0 aliphatic carbocycles. The number of aryl methyl sites for hydroxylation is 1. The number of rotatable bonds is 9. The summed E-state index contributed by atoms with van der Waals surface area (Å²) in [7, 11) is 0. The Balaban J connectivity index is 1.50. The predicted octanol–water partition coefficient (Wildman–Crippen LogP) is 4.81. The number of hydrazone groups is 1. The summed E-state index contributed by atoms with van der Waals surface area (Å²) in [5.74, 6) is -0.424. The van der Waals surface area contributed by atoms with Crippen LogP contribution < -0.4 is 10.7 Å². The number of fused-ring (bicyclic) bond motifs is 1. The number of nitrogens with one attached hydrogen (secondary N) is 2. The van der Waals surface area contributed by atoms with E-state index in [-0.39, 0.29) is 6.61 Å². The third-order valence-electron chi connectivity index (χ3n) is 5.80. The Hall–Kier alpha value is -4.39. The second kappa shape index (κ2) is 11.8. The Morgan fingerprint density at radius 2 is 1.75 bits per heavy atom. The molecule has 2 N–H and O–H groups in total. The lowest BCUT2D eigenvalue weighted by atomic mass is 10.1. The first-order valence-corrected chi connectivity index (χ1v) is 12.0. The molecule has 36 heavy (non-hydrogen) atoms. The number of aromatic nitrogens is 1. The SMILES string of the molecule is CCOC(=O)N[C@H](Cc1ccccc1)C(=O)N/N=C\c1cn(Cc2cccc(C)c2)c2ccccc12. The minimum Gasteiger partial charge on any atom is -0.450 e. The first-order chi connectivity index (χ1) is 17.5. The average molecular weight is 483 g/mol. The van der Waals surface area contributed by atoms with E-state index in [9.17, 15) is 9.59 Å². The van der Waals surface area contributed by atoms with Gasteiger partial charge >= 0.3 is 6.09 Å². The van der Waals surface area contributed by atoms with Crippen LogP contribution >= 0.6 is 0 Å². The van der Waals surface area contributed by atoms with E-state index < -0.39 is 18.0 Å². The van der Waals surface area contributed by atoms with Crippen LogP contribution in [0.3, 0.4) is 0 Å². The molecule has 4 aromatic rings. The van der Waals surface area contributed by atoms with Crippen molar-refractivity contribution in [3.05, 3.63) is 107 Å². The van der Waals surface area contributed by atoms with Crippen molar-refractivity contribution in [2.45, 2.75) is 32.9 Å². The van der Waals surface area contributed by atoms with Gasteiger partial charge in [0.05, 0.1) is 12.8 Å². The first kappa shape index (κ1) is 24.7. The number of hydrogen-bond acceptors (Lipinski definition) is 4. The van der Waals surface area contributed by atoms with Crippen LogP contribution in [0.1, 0.15) is 29.2 Å². The van der Waals surface area contributed by atoms with Crippen LogP contribution in [0.4, 0.5) is 4.79 Å². The molecular weight excluding hydrogens is 452 g/mol. The summed E-state index contributed by atoms with van der Waals surface area (Å²) < 4.78 is 7.14. The maximum absolute atomic E-state index is 12.9. The topological polar surface area (TPSA) is 84.7 Å². The molecule has 3 aromatic carbocycles. The number of amides is 2. The molecule has 0 saturated heterocycles. The predicted molar refractivity (Wildman–Crippen MR) is 142 cm³/mol. The second-order valence-electron chi connectivity index (χ2n) is 8.56. The van der Waals surface area contributed by atoms with E-state index in [4.69, 9.17) is 4.74 Å². The molecule has 0 spiro atoms. The molecule has 1 aromatic heterocycles. The molecule has 7 nitrogen and oxygen atoms in total. The summed E-state index contributed by atoms with van der Waals surface area (Å²) in [5, 5.41) is 7.88. The normalized spacial score (nSPS) is 11.9. The molecule has 0 saturated carbocycles. The molecule has 0 fully saturated rings. The van der Waals surface area contributed by atoms with E-state index in [1.165, 1.54) is 11.1 Å². The fourth-order valence-corrected chi connectivity index (χ4v) is 4.13. The monoisotopic (exact) mass is 482 g/mol. The van der Waals surface area contributed by atoms with E-state index in [2.05, 4.69) is 57.7 Å². The molecule has 0 radical (unpaired) electrons. The highest BCUT2D eigenvalue weighted by atomic mass is 16.5. The Kier molecular flexibility index (Phi) is 8.13. The van der Waals surface area contributed by atoms with Gasteiger partial charge in [-0.3, -0.25) is 4.79 Å². The van der Waals surface area contributed by atoms with Gasteiger partial charge in [0.1, 0.15) is 6.04 Å². The summed E-state index contributed by atoms with van der Waals surface area (Å²) in [6, 6.07) is 25.2. The molecule has 184 valence electrons. The summed E-state index contributed by atoms with van der Waals surface area (Å²) in [6.07, 6.45) is 3.34. The van der Waals surface area contributed by atoms with E-state index in [1.54, 1.807) is 13.1 Å². The molecule has 0 aliphatic rings. The quantitative estimate of drug-likeness (QED) is 0.265. The number of para-hydroxylation sites is 1. The van der Waals surface area contributed by atoms with Gasteiger partial charge in [0.15, 0.2) is 0 Å². The second-order valence-corrected chi connectivity index (χ2v) is 8.56. The van der Waals surface area contributed by atoms with Crippen molar-refractivity contribution >= 4 is 29.1 Å². The van der Waals surface area contributed by atoms with Gasteiger partial charge in [-0.2, -0.15) is 5.10 Å². The molecule has 7 heteroatoms. The average Bonchev–Trinajstić information content (AvgIpc) is 3.21. The molecule has 4 rings (SSSR count). The van der Waals surface area contributed by atoms with E-state index in [0.717, 1.165) is 28.6 Å². The van der Waals surface area contributed by atoms with Gasteiger partial charge in [-0.05, 0) is 31.0 Å². The van der Waals surface area contributed by atoms with Crippen LogP contribution in [-0.4, -0.2) is 35.4 Å². The standard InChI is InChI=1S/C29H30N4O3/c1-3-36-29(35)31-26(17-22-11-5-4-6-12-22)28(34)32-30-18-24-20-33(27-15-8-7-14-25(24)27)19-23-13-9-10-21(2)16-23/h4-16,18,20,26H,3,17,19H2,1-2H3,(H,31,35)(H,32,34)/b30-18-/t26-/m1/s1. The first-order valence-electron chi connectivity index (χ1n) is 12.0. The number of benzene rings is 3. The van der Waals surface area contributed by atoms with Crippen molar-refractivity contribution in [1.82, 2.24) is 15.3 Å². The van der Waals surface area contributed by atoms with Crippen LogP contribution in [0.15, 0.2) is 90.2 Å². The zero-order valence-electron chi connectivity index (χ0n) is 20.5. The maximum atomic E-state index is 12.9. The summed E-state index contributed by atoms with van der Waals surface area (Å²) in [4.78, 5) is 24.9. The Morgan fingerprint density at radius 3 is 2.53 bits per heavy atom. The third kappa shape index (κ3) is 6.39. The van der Waals surface area contributed by atoms with E-state index >= 15 is 0 Å². The van der Waals surface area contributed by atoms with Gasteiger partial charge in [0, 0.05) is 35.6 Å². The largest absolute Gasteiger partial charge is 0.450 e. The Labute approximate surface area is 210 Å². The van der Waals surface area contributed by atoms with Crippen LogP contribution in [0.5, 0.6) is 0 Å². The van der Waals surface area contributed by atoms with Crippen molar-refractivity contribution in [2.24, 2.45) is 5.10 Å². The van der Waals surface area contributed by atoms with Gasteiger partial charge in [-0.1, -0.05) is 78.4 Å². The summed E-state index contributed by atoms with van der Waals surface area (Å²) in [5.41, 5.74) is 7.89. The van der Waals surface area contributed by atoms with Crippen molar-refractivity contribution in [1.29, 1.82) is 0 Å². The number of ether oxygens (including phenoxy) is 1. The maximum Gasteiger partial charge on any atom is 0.407 e. The van der Waals surface area contributed by atoms with E-state index in [1.807, 2.05) is 54.7 Å². The van der Waals surface area contributed by atoms with Gasteiger partial charge < -0.3 is 14.6 Å². The van der Waals surface area contributed by atoms with Crippen LogP contribution in [-0.2, 0) is 22.5 Å². The highest BCUT2D eigenvalue weighted by Crippen LogP contribution is 2.21. The molecule has 0 unspecified atom stereocenters. The summed E-state index contributed by atoms with van der Waals surface area (Å²) in [6.45, 7) is 4.74. The zero-order chi connectivity index (χ0) is 25.3. The molecule has 1 atom stereocenters. The van der Waals surface area contributed by atoms with Gasteiger partial charge in [-0.25, -0.2) is 10.2 Å². The summed E-state index contributed by atoms with van der Waals surface area (Å²) >= 11 is 0. The number of carbonyl (C=O) groups is 2. The molecule has 0 bridgehead atoms. The highest BCUT2D eigenvalue weighted by molar-refractivity contribution is 6.00. The highest BCUT2D eigenvalue weighted by Gasteiger charge is 2.21. The molecule has 1 heterocycles. The number of alkyl carbamates (subject to hydrolysis) is 1. The molecule has 2 amide bonds. The van der Waals surface area contributed by atoms with Crippen molar-refractivity contribution < 1.29 is 14.3 Å². The van der Waals surface area contributed by atoms with Gasteiger partial charge in [-0.15, -0.1) is 0 Å². The third-order valence-corrected chi connectivity index (χ3v) is 5.80. The number of nitrogens with zero attached hydrogens (tertiary/aromatic N) is 2. The van der Waals surface area contributed by atoms with Crippen LogP contribution in [0, 0.1) is 6.92 Å². The molecular formula is C29H30N4O3. The Morgan fingerprint density at radius 1 is 1.00 bits per heavy atom. The number of hydrogen-bond donors (Lipinski definition) is 2. The lowest BCUT2D eigenvalue weighted by Crippen LogP contribution is -2.47. The van der Waals surface area contributed by atoms with Gasteiger partial charge in [0.25, 0.3) is 5.91 Å². The lowest BCUT2D eigenvalue weighted by Gasteiger charge is -2.16. The smallest absolute Gasteiger partial charge is 0.407 e. The number of carbonyl (C=O) groups excluding carboxylic acids is 2. The van der Waals surface area contributed by atoms with Crippen molar-refractivity contribution in [3.63, 3.8) is 0 Å². The van der Waals surface area contributed by atoms with Crippen LogP contribution in [0.25, 0.3) is 10.9 Å². The van der Waals surface area contributed by atoms with Gasteiger partial charge in [0.2, 0.25) is 0 Å². The molecule has 0 aliphatic heterocycles. The fourth-order valence-electron chi connectivity index (χ4n) is 4.13. The lowest BCUT2D eigenvalue weighted by molar-refractivity contribution is -0.123. The van der Waals surface area contributed by atoms with Crippen molar-refractivity contribution in [2.75, 3.05) is 6.61 Å². The zero-order valence-corrected chi connectivity index (χ0v) is 20.5.